The molecule has 3 fully saturated rings. The molecular weight excluding hydrogens is 504 g/mol. The van der Waals surface area contributed by atoms with E-state index in [0.29, 0.717) is 35.1 Å². The van der Waals surface area contributed by atoms with Crippen molar-refractivity contribution in [2.75, 3.05) is 12.4 Å². The van der Waals surface area contributed by atoms with E-state index in [0.717, 1.165) is 17.5 Å². The van der Waals surface area contributed by atoms with E-state index >= 15 is 0 Å². The molecule has 0 radical (unpaired) electrons. The number of rotatable bonds is 5. The number of anilines is 1. The van der Waals surface area contributed by atoms with E-state index in [-0.39, 0.29) is 17.9 Å². The highest BCUT2D eigenvalue weighted by molar-refractivity contribution is 5.88. The van der Waals surface area contributed by atoms with Crippen molar-refractivity contribution in [3.05, 3.63) is 83.4 Å². The molecule has 1 amide bonds. The van der Waals surface area contributed by atoms with Crippen LogP contribution in [0.3, 0.4) is 0 Å². The number of aliphatic hydroxyl groups is 2. The number of carbonyl (C=O) groups is 1. The van der Waals surface area contributed by atoms with E-state index in [1.54, 1.807) is 17.9 Å². The van der Waals surface area contributed by atoms with E-state index in [9.17, 15) is 15.0 Å². The highest BCUT2D eigenvalue weighted by Crippen LogP contribution is 2.67. The lowest BCUT2D eigenvalue weighted by Crippen LogP contribution is -2.41. The third-order valence-corrected chi connectivity index (χ3v) is 8.74. The molecule has 3 aliphatic rings. The van der Waals surface area contributed by atoms with Gasteiger partial charge in [0.15, 0.2) is 17.0 Å². The Balaban J connectivity index is 1.28. The van der Waals surface area contributed by atoms with Gasteiger partial charge in [0.25, 0.3) is 0 Å². The summed E-state index contributed by atoms with van der Waals surface area (Å²) in [5, 5.41) is 28.2. The van der Waals surface area contributed by atoms with Crippen LogP contribution in [-0.2, 0) is 4.79 Å². The van der Waals surface area contributed by atoms with Crippen LogP contribution in [0, 0.1) is 30.1 Å². The minimum absolute atomic E-state index is 0.200. The van der Waals surface area contributed by atoms with Crippen LogP contribution in [0.25, 0.3) is 11.2 Å². The molecule has 0 spiro atoms. The molecule has 2 heterocycles. The molecule has 2 aromatic carbocycles. The molecule has 40 heavy (non-hydrogen) atoms. The van der Waals surface area contributed by atoms with Crippen molar-refractivity contribution in [2.45, 2.75) is 50.0 Å². The molecule has 3 saturated carbocycles. The Morgan fingerprint density at radius 3 is 2.70 bits per heavy atom. The number of nitrogens with one attached hydrogen (secondary N) is 2. The number of carbonyl (C=O) groups excluding carboxylic acids is 1. The van der Waals surface area contributed by atoms with Crippen LogP contribution in [0.15, 0.2) is 60.9 Å². The number of nitrogens with zero attached hydrogens (tertiary/aromatic N) is 4. The van der Waals surface area contributed by atoms with Gasteiger partial charge in [0, 0.05) is 30.5 Å². The molecule has 3 unspecified atom stereocenters. The quantitative estimate of drug-likeness (QED) is 0.290. The fraction of sp³-hybridized carbons (Fsp3) is 0.355. The Kier molecular flexibility index (Phi) is 5.66. The Morgan fingerprint density at radius 1 is 1.10 bits per heavy atom. The minimum atomic E-state index is -1.17. The zero-order valence-corrected chi connectivity index (χ0v) is 22.2. The Morgan fingerprint density at radius 2 is 1.93 bits per heavy atom. The van der Waals surface area contributed by atoms with Gasteiger partial charge >= 0.3 is 0 Å². The van der Waals surface area contributed by atoms with Gasteiger partial charge in [-0.3, -0.25) is 4.79 Å². The normalized spacial score (nSPS) is 29.8. The standard InChI is InChI=1S/C31H30N6O3/c1-17-7-6-8-18(13-17)11-12-23-35-28(34-22-14-20(22)19-9-4-3-5-10-19)24-29(36-23)37(16-33-24)25-21-15-31(21,30(40)32-2)27(39)26(25)38/h3-10,13,16,20-22,25-27,38-39H,14-15H2,1-2H3,(H,32,40)(H,34,35,36)/t20-,21?,22?,25+,26?,27-,31+/m0/s1. The van der Waals surface area contributed by atoms with Gasteiger partial charge in [0.05, 0.1) is 23.9 Å². The lowest BCUT2D eigenvalue weighted by molar-refractivity contribution is -0.132. The molecule has 9 heteroatoms. The number of hydrogen-bond acceptors (Lipinski definition) is 7. The van der Waals surface area contributed by atoms with E-state index in [4.69, 9.17) is 9.97 Å². The Bertz CT molecular complexity index is 1690. The van der Waals surface area contributed by atoms with E-state index in [2.05, 4.69) is 39.6 Å². The summed E-state index contributed by atoms with van der Waals surface area (Å²) < 4.78 is 1.79. The number of fused-ring (bicyclic) bond motifs is 2. The number of hydrogen-bond donors (Lipinski definition) is 4. The average Bonchev–Trinajstić information content (AvgIpc) is 3.85. The van der Waals surface area contributed by atoms with Crippen LogP contribution in [0.4, 0.5) is 5.82 Å². The Labute approximate surface area is 231 Å². The highest BCUT2D eigenvalue weighted by atomic mass is 16.3. The zero-order chi connectivity index (χ0) is 27.6. The summed E-state index contributed by atoms with van der Waals surface area (Å²) in [7, 11) is 1.55. The van der Waals surface area contributed by atoms with Crippen molar-refractivity contribution in [3.8, 4) is 11.8 Å². The van der Waals surface area contributed by atoms with Crippen molar-refractivity contribution in [3.63, 3.8) is 0 Å². The van der Waals surface area contributed by atoms with Gasteiger partial charge in [-0.05, 0) is 48.9 Å². The molecule has 4 aromatic rings. The zero-order valence-electron chi connectivity index (χ0n) is 22.2. The van der Waals surface area contributed by atoms with E-state index < -0.39 is 23.7 Å². The van der Waals surface area contributed by atoms with Crippen LogP contribution in [0.2, 0.25) is 0 Å². The number of aryl methyl sites for hydroxylation is 1. The van der Waals surface area contributed by atoms with E-state index in [1.165, 1.54) is 5.56 Å². The van der Waals surface area contributed by atoms with Crippen LogP contribution < -0.4 is 10.6 Å². The monoisotopic (exact) mass is 534 g/mol. The predicted octanol–water partition coefficient (Wildman–Crippen LogP) is 2.53. The largest absolute Gasteiger partial charge is 0.389 e. The van der Waals surface area contributed by atoms with Gasteiger partial charge in [-0.1, -0.05) is 48.4 Å². The van der Waals surface area contributed by atoms with Crippen molar-refractivity contribution >= 4 is 22.9 Å². The maximum absolute atomic E-state index is 12.7. The lowest BCUT2D eigenvalue weighted by Gasteiger charge is -2.23. The maximum Gasteiger partial charge on any atom is 0.229 e. The van der Waals surface area contributed by atoms with Gasteiger partial charge in [0.1, 0.15) is 6.10 Å². The topological polar surface area (TPSA) is 125 Å². The van der Waals surface area contributed by atoms with E-state index in [1.807, 2.05) is 49.4 Å². The van der Waals surface area contributed by atoms with Crippen molar-refractivity contribution in [2.24, 2.45) is 11.3 Å². The molecule has 7 rings (SSSR count). The number of amides is 1. The summed E-state index contributed by atoms with van der Waals surface area (Å²) in [6.07, 6.45) is 0.797. The summed E-state index contributed by atoms with van der Waals surface area (Å²) in [5.74, 6) is 7.09. The first-order chi connectivity index (χ1) is 19.4. The van der Waals surface area contributed by atoms with Crippen LogP contribution >= 0.6 is 0 Å². The number of benzene rings is 2. The summed E-state index contributed by atoms with van der Waals surface area (Å²) >= 11 is 0. The summed E-state index contributed by atoms with van der Waals surface area (Å²) in [4.78, 5) is 26.8. The first kappa shape index (κ1) is 24.8. The first-order valence-corrected chi connectivity index (χ1v) is 13.6. The molecule has 4 N–H and O–H groups in total. The molecule has 202 valence electrons. The number of aliphatic hydroxyl groups excluding tert-OH is 2. The minimum Gasteiger partial charge on any atom is -0.389 e. The summed E-state index contributed by atoms with van der Waals surface area (Å²) in [5.41, 5.74) is 3.34. The van der Waals surface area contributed by atoms with Gasteiger partial charge in [0.2, 0.25) is 11.7 Å². The number of imidazole rings is 1. The molecule has 2 aromatic heterocycles. The second-order valence-corrected chi connectivity index (χ2v) is 11.2. The summed E-state index contributed by atoms with van der Waals surface area (Å²) in [6, 6.07) is 18.0. The van der Waals surface area contributed by atoms with Gasteiger partial charge < -0.3 is 25.4 Å². The molecule has 0 aliphatic heterocycles. The van der Waals surface area contributed by atoms with Gasteiger partial charge in [-0.15, -0.1) is 0 Å². The fourth-order valence-corrected chi connectivity index (χ4v) is 6.53. The molecule has 7 atom stereocenters. The van der Waals surface area contributed by atoms with Crippen LogP contribution in [0.1, 0.15) is 47.3 Å². The van der Waals surface area contributed by atoms with Crippen molar-refractivity contribution < 1.29 is 15.0 Å². The third kappa shape index (κ3) is 3.86. The van der Waals surface area contributed by atoms with Crippen molar-refractivity contribution in [1.29, 1.82) is 0 Å². The predicted molar refractivity (Wildman–Crippen MR) is 149 cm³/mol. The second kappa shape index (κ2) is 9.15. The van der Waals surface area contributed by atoms with Gasteiger partial charge in [-0.25, -0.2) is 15.0 Å². The molecule has 9 nitrogen and oxygen atoms in total. The second-order valence-electron chi connectivity index (χ2n) is 11.2. The Hall–Kier alpha value is -4.26. The maximum atomic E-state index is 12.7. The molecular formula is C31H30N6O3. The summed E-state index contributed by atoms with van der Waals surface area (Å²) in [6.45, 7) is 2.02. The van der Waals surface area contributed by atoms with Crippen molar-refractivity contribution in [1.82, 2.24) is 24.8 Å². The van der Waals surface area contributed by atoms with Crippen LogP contribution in [-0.4, -0.2) is 60.9 Å². The third-order valence-electron chi connectivity index (χ3n) is 8.74. The highest BCUT2D eigenvalue weighted by Gasteiger charge is 2.75. The lowest BCUT2D eigenvalue weighted by atomic mass is 9.98. The molecule has 0 bridgehead atoms. The van der Waals surface area contributed by atoms with Gasteiger partial charge in [-0.2, -0.15) is 0 Å². The SMILES string of the molecule is CNC(=O)[C@]12CC1[C@@H](n1cnc3c(NC4C[C@H]4c4ccccc4)nc(C#Cc4cccc(C)c4)nc31)C(O)[C@@H]2O. The number of aromatic nitrogens is 4. The van der Waals surface area contributed by atoms with Crippen LogP contribution in [0.5, 0.6) is 0 Å². The smallest absolute Gasteiger partial charge is 0.229 e. The molecule has 3 aliphatic carbocycles. The average molecular weight is 535 g/mol. The molecule has 0 saturated heterocycles. The fourth-order valence-electron chi connectivity index (χ4n) is 6.53. The first-order valence-electron chi connectivity index (χ1n) is 13.6.